The predicted octanol–water partition coefficient (Wildman–Crippen LogP) is 3.68. The highest BCUT2D eigenvalue weighted by molar-refractivity contribution is 5.85. The fourth-order valence-electron chi connectivity index (χ4n) is 2.52. The molecule has 0 spiro atoms. The van der Waals surface area contributed by atoms with Crippen LogP contribution in [-0.4, -0.2) is 12.0 Å². The molecule has 3 heteroatoms. The van der Waals surface area contributed by atoms with Gasteiger partial charge in [-0.05, 0) is 24.6 Å². The lowest BCUT2D eigenvalue weighted by atomic mass is 9.98. The Morgan fingerprint density at radius 1 is 1.00 bits per heavy atom. The molecule has 2 aromatic carbocycles. The van der Waals surface area contributed by atoms with Crippen molar-refractivity contribution in [1.29, 1.82) is 0 Å². The van der Waals surface area contributed by atoms with Gasteiger partial charge in [0, 0.05) is 17.1 Å². The van der Waals surface area contributed by atoms with E-state index in [9.17, 15) is 4.39 Å². The molecular weight excluding hydrogens is 251 g/mol. The monoisotopic (exact) mass is 266 g/mol. The van der Waals surface area contributed by atoms with Crippen LogP contribution in [-0.2, 0) is 0 Å². The molecule has 0 aliphatic heterocycles. The summed E-state index contributed by atoms with van der Waals surface area (Å²) >= 11 is 0. The number of hydrogen-bond donors (Lipinski definition) is 1. The lowest BCUT2D eigenvalue weighted by molar-refractivity contribution is 0.572. The lowest BCUT2D eigenvalue weighted by Gasteiger charge is -2.18. The van der Waals surface area contributed by atoms with Gasteiger partial charge in [-0.3, -0.25) is 4.98 Å². The normalized spacial score (nSPS) is 12.5. The Hall–Kier alpha value is -2.26. The van der Waals surface area contributed by atoms with Crippen LogP contribution in [0.15, 0.2) is 60.8 Å². The van der Waals surface area contributed by atoms with Crippen molar-refractivity contribution in [2.24, 2.45) is 0 Å². The summed E-state index contributed by atoms with van der Waals surface area (Å²) < 4.78 is 14.0. The summed E-state index contributed by atoms with van der Waals surface area (Å²) in [5.74, 6) is -0.221. The van der Waals surface area contributed by atoms with Crippen LogP contribution in [0, 0.1) is 5.82 Å². The zero-order chi connectivity index (χ0) is 13.9. The number of aromatic nitrogens is 1. The average molecular weight is 266 g/mol. The topological polar surface area (TPSA) is 24.9 Å². The summed E-state index contributed by atoms with van der Waals surface area (Å²) in [6.45, 7) is 0. The minimum absolute atomic E-state index is 0.221. The molecule has 0 radical (unpaired) electrons. The standard InChI is InChI=1S/C17H15FN2/c1-19-16(14-8-4-5-9-15(14)18)17-13-7-3-2-6-12(13)10-11-20-17/h2-11,16,19H,1H3. The van der Waals surface area contributed by atoms with E-state index in [0.717, 1.165) is 16.5 Å². The van der Waals surface area contributed by atoms with Gasteiger partial charge in [0.15, 0.2) is 0 Å². The third-order valence-electron chi connectivity index (χ3n) is 3.48. The van der Waals surface area contributed by atoms with Gasteiger partial charge in [0.1, 0.15) is 5.82 Å². The van der Waals surface area contributed by atoms with Gasteiger partial charge < -0.3 is 5.32 Å². The third-order valence-corrected chi connectivity index (χ3v) is 3.48. The fourth-order valence-corrected chi connectivity index (χ4v) is 2.52. The molecule has 0 amide bonds. The smallest absolute Gasteiger partial charge is 0.128 e. The third kappa shape index (κ3) is 2.17. The van der Waals surface area contributed by atoms with Crippen LogP contribution in [0.5, 0.6) is 0 Å². The Kier molecular flexibility index (Phi) is 3.44. The molecule has 0 saturated carbocycles. The number of rotatable bonds is 3. The minimum Gasteiger partial charge on any atom is -0.308 e. The number of halogens is 1. The fraction of sp³-hybridized carbons (Fsp3) is 0.118. The van der Waals surface area contributed by atoms with Crippen molar-refractivity contribution < 1.29 is 4.39 Å². The zero-order valence-electron chi connectivity index (χ0n) is 11.2. The highest BCUT2D eigenvalue weighted by atomic mass is 19.1. The Morgan fingerprint density at radius 3 is 2.55 bits per heavy atom. The molecule has 0 saturated heterocycles. The second kappa shape index (κ2) is 5.39. The molecule has 100 valence electrons. The van der Waals surface area contributed by atoms with Crippen molar-refractivity contribution in [2.45, 2.75) is 6.04 Å². The number of fused-ring (bicyclic) bond motifs is 1. The van der Waals surface area contributed by atoms with Gasteiger partial charge in [-0.25, -0.2) is 4.39 Å². The van der Waals surface area contributed by atoms with E-state index in [1.807, 2.05) is 43.4 Å². The van der Waals surface area contributed by atoms with Crippen molar-refractivity contribution in [2.75, 3.05) is 7.05 Å². The van der Waals surface area contributed by atoms with Crippen LogP contribution in [0.25, 0.3) is 10.8 Å². The number of nitrogens with one attached hydrogen (secondary N) is 1. The van der Waals surface area contributed by atoms with Gasteiger partial charge in [-0.1, -0.05) is 42.5 Å². The number of hydrogen-bond acceptors (Lipinski definition) is 2. The highest BCUT2D eigenvalue weighted by Crippen LogP contribution is 2.28. The molecule has 3 rings (SSSR count). The van der Waals surface area contributed by atoms with Crippen molar-refractivity contribution in [3.8, 4) is 0 Å². The molecule has 2 nitrogen and oxygen atoms in total. The van der Waals surface area contributed by atoms with E-state index >= 15 is 0 Å². The summed E-state index contributed by atoms with van der Waals surface area (Å²) in [7, 11) is 1.82. The second-order valence-corrected chi connectivity index (χ2v) is 4.66. The van der Waals surface area contributed by atoms with Crippen molar-refractivity contribution in [3.05, 3.63) is 77.9 Å². The highest BCUT2D eigenvalue weighted by Gasteiger charge is 2.19. The van der Waals surface area contributed by atoms with Crippen LogP contribution >= 0.6 is 0 Å². The van der Waals surface area contributed by atoms with E-state index in [1.165, 1.54) is 6.07 Å². The van der Waals surface area contributed by atoms with Gasteiger partial charge in [-0.15, -0.1) is 0 Å². The summed E-state index contributed by atoms with van der Waals surface area (Å²) in [6, 6.07) is 16.5. The van der Waals surface area contributed by atoms with Crippen LogP contribution in [0.1, 0.15) is 17.3 Å². The van der Waals surface area contributed by atoms with Crippen molar-refractivity contribution in [1.82, 2.24) is 10.3 Å². The first-order chi connectivity index (χ1) is 9.81. The van der Waals surface area contributed by atoms with E-state index in [4.69, 9.17) is 0 Å². The summed E-state index contributed by atoms with van der Waals surface area (Å²) in [5, 5.41) is 5.31. The van der Waals surface area contributed by atoms with Gasteiger partial charge in [0.05, 0.1) is 11.7 Å². The van der Waals surface area contributed by atoms with E-state index in [1.54, 1.807) is 18.3 Å². The molecular formula is C17H15FN2. The lowest BCUT2D eigenvalue weighted by Crippen LogP contribution is -2.20. The number of pyridine rings is 1. The second-order valence-electron chi connectivity index (χ2n) is 4.66. The largest absolute Gasteiger partial charge is 0.308 e. The Balaban J connectivity index is 2.20. The molecule has 1 N–H and O–H groups in total. The SMILES string of the molecule is CNC(c1ccccc1F)c1nccc2ccccc12. The molecule has 1 atom stereocenters. The molecule has 20 heavy (non-hydrogen) atoms. The van der Waals surface area contributed by atoms with Crippen molar-refractivity contribution >= 4 is 10.8 Å². The first-order valence-electron chi connectivity index (χ1n) is 6.56. The molecule has 0 aliphatic carbocycles. The van der Waals surface area contributed by atoms with Gasteiger partial charge in [0.2, 0.25) is 0 Å². The molecule has 1 heterocycles. The van der Waals surface area contributed by atoms with E-state index in [2.05, 4.69) is 10.3 Å². The molecule has 0 aliphatic rings. The summed E-state index contributed by atoms with van der Waals surface area (Å²) in [5.41, 5.74) is 1.45. The average Bonchev–Trinajstić information content (AvgIpc) is 2.50. The van der Waals surface area contributed by atoms with Gasteiger partial charge >= 0.3 is 0 Å². The zero-order valence-corrected chi connectivity index (χ0v) is 11.2. The van der Waals surface area contributed by atoms with Crippen LogP contribution in [0.3, 0.4) is 0 Å². The molecule has 3 aromatic rings. The van der Waals surface area contributed by atoms with Crippen LogP contribution < -0.4 is 5.32 Å². The first kappa shape index (κ1) is 12.8. The Bertz CT molecular complexity index is 734. The Labute approximate surface area is 117 Å². The van der Waals surface area contributed by atoms with E-state index in [0.29, 0.717) is 5.56 Å². The van der Waals surface area contributed by atoms with Gasteiger partial charge in [0.25, 0.3) is 0 Å². The molecule has 1 aromatic heterocycles. The quantitative estimate of drug-likeness (QED) is 0.782. The molecule has 0 fully saturated rings. The number of benzene rings is 2. The minimum atomic E-state index is -0.262. The van der Waals surface area contributed by atoms with Crippen LogP contribution in [0.2, 0.25) is 0 Å². The summed E-state index contributed by atoms with van der Waals surface area (Å²) in [6.07, 6.45) is 1.77. The van der Waals surface area contributed by atoms with Crippen molar-refractivity contribution in [3.63, 3.8) is 0 Å². The maximum absolute atomic E-state index is 14.0. The Morgan fingerprint density at radius 2 is 1.75 bits per heavy atom. The first-order valence-corrected chi connectivity index (χ1v) is 6.56. The maximum atomic E-state index is 14.0. The summed E-state index contributed by atoms with van der Waals surface area (Å²) in [4.78, 5) is 4.47. The number of nitrogens with zero attached hydrogens (tertiary/aromatic N) is 1. The molecule has 1 unspecified atom stereocenters. The van der Waals surface area contributed by atoms with Crippen LogP contribution in [0.4, 0.5) is 4.39 Å². The maximum Gasteiger partial charge on any atom is 0.128 e. The molecule has 0 bridgehead atoms. The van der Waals surface area contributed by atoms with Gasteiger partial charge in [-0.2, -0.15) is 0 Å². The van der Waals surface area contributed by atoms with E-state index in [-0.39, 0.29) is 11.9 Å². The van der Waals surface area contributed by atoms with E-state index < -0.39 is 0 Å². The predicted molar refractivity (Wildman–Crippen MR) is 79.0 cm³/mol.